The number of phosphoric acid groups is 1. The molecule has 0 aliphatic rings. The third kappa shape index (κ3) is 31.0. The maximum Gasteiger partial charge on any atom is 0.305 e. The van der Waals surface area contributed by atoms with Gasteiger partial charge in [-0.15, -0.1) is 0 Å². The number of hydrogen-bond donors (Lipinski definition) is 1. The second kappa shape index (κ2) is 24.3. The first kappa shape index (κ1) is 37.1. The molecule has 0 bridgehead atoms. The zero-order valence-electron chi connectivity index (χ0n) is 23.0. The molecular weight excluding hydrogens is 489 g/mol. The van der Waals surface area contributed by atoms with Crippen molar-refractivity contribution in [2.75, 3.05) is 47.5 Å². The summed E-state index contributed by atoms with van der Waals surface area (Å²) >= 11 is 0. The summed E-state index contributed by atoms with van der Waals surface area (Å²) in [5, 5.41) is 18.0. The highest BCUT2D eigenvalue weighted by Crippen LogP contribution is 2.38. The number of carbonyl (C=O) groups excluding carboxylic acids is 2. The molecule has 11 heteroatoms. The van der Waals surface area contributed by atoms with Crippen LogP contribution in [0.2, 0.25) is 0 Å². The van der Waals surface area contributed by atoms with Crippen LogP contribution in [0.1, 0.15) is 96.8 Å². The van der Waals surface area contributed by atoms with Gasteiger partial charge in [-0.2, -0.15) is 0 Å². The third-order valence-electron chi connectivity index (χ3n) is 5.36. The van der Waals surface area contributed by atoms with Gasteiger partial charge in [-0.05, 0) is 6.42 Å². The first-order valence-corrected chi connectivity index (χ1v) is 14.7. The number of phosphoric ester groups is 1. The Hall–Kier alpha value is -1.03. The van der Waals surface area contributed by atoms with E-state index in [9.17, 15) is 19.4 Å². The van der Waals surface area contributed by atoms with Gasteiger partial charge in [-0.1, -0.05) is 84.0 Å². The Morgan fingerprint density at radius 1 is 0.889 bits per heavy atom. The Morgan fingerprint density at radius 2 is 1.33 bits per heavy atom. The van der Waals surface area contributed by atoms with Gasteiger partial charge < -0.3 is 38.2 Å². The molecule has 0 saturated carbocycles. The van der Waals surface area contributed by atoms with Crippen molar-refractivity contribution in [1.29, 1.82) is 0 Å². The smallest absolute Gasteiger partial charge is 0.305 e. The lowest BCUT2D eigenvalue weighted by Gasteiger charge is -2.27. The minimum absolute atomic E-state index is 0.00547. The van der Waals surface area contributed by atoms with Crippen LogP contribution >= 0.6 is 7.82 Å². The Labute approximate surface area is 218 Å². The number of ether oxygens (including phenoxy) is 1. The molecule has 0 heterocycles. The van der Waals surface area contributed by atoms with E-state index in [1.165, 1.54) is 64.2 Å². The quantitative estimate of drug-likeness (QED) is 0.0679. The van der Waals surface area contributed by atoms with Crippen LogP contribution in [0.25, 0.3) is 0 Å². The van der Waals surface area contributed by atoms with Gasteiger partial charge >= 0.3 is 5.97 Å². The van der Waals surface area contributed by atoms with Crippen LogP contribution in [0, 0.1) is 0 Å². The van der Waals surface area contributed by atoms with E-state index in [2.05, 4.69) is 11.4 Å². The normalized spacial score (nSPS) is 13.8. The number of carbonyl (C=O) groups is 2. The van der Waals surface area contributed by atoms with E-state index >= 15 is 0 Å². The number of nitrogens with zero attached hydrogens (tertiary/aromatic N) is 1. The molecule has 216 valence electrons. The molecule has 0 radical (unpaired) electrons. The molecule has 0 spiro atoms. The van der Waals surface area contributed by atoms with Gasteiger partial charge in [0.25, 0.3) is 7.82 Å². The molecule has 2 unspecified atom stereocenters. The van der Waals surface area contributed by atoms with Gasteiger partial charge in [0.15, 0.2) is 0 Å². The molecule has 0 rings (SSSR count). The largest absolute Gasteiger partial charge is 0.756 e. The number of esters is 1. The van der Waals surface area contributed by atoms with Crippen LogP contribution in [-0.4, -0.2) is 75.6 Å². The molecule has 2 atom stereocenters. The Bertz CT molecular complexity index is 570. The Kier molecular flexibility index (Phi) is 25.1. The van der Waals surface area contributed by atoms with Gasteiger partial charge in [0.05, 0.1) is 27.7 Å². The number of hydrogen-bond acceptors (Lipinski definition) is 9. The maximum absolute atomic E-state index is 11.8. The van der Waals surface area contributed by atoms with Crippen molar-refractivity contribution in [2.24, 2.45) is 0 Å². The second-order valence-electron chi connectivity index (χ2n) is 10.0. The van der Waals surface area contributed by atoms with E-state index in [1.54, 1.807) is 0 Å². The number of quaternary nitrogens is 1. The fraction of sp³-hybridized carbons (Fsp3) is 0.920. The van der Waals surface area contributed by atoms with Gasteiger partial charge in [-0.25, -0.2) is 0 Å². The first-order valence-electron chi connectivity index (χ1n) is 13.3. The average Bonchev–Trinajstić information content (AvgIpc) is 2.79. The third-order valence-corrected chi connectivity index (χ3v) is 6.32. The van der Waals surface area contributed by atoms with E-state index in [0.29, 0.717) is 17.4 Å². The summed E-state index contributed by atoms with van der Waals surface area (Å²) in [5.74, 6) is -0.387. The highest BCUT2D eigenvalue weighted by Gasteiger charge is 2.16. The summed E-state index contributed by atoms with van der Waals surface area (Å²) < 4.78 is 26.6. The summed E-state index contributed by atoms with van der Waals surface area (Å²) in [5.41, 5.74) is 0. The molecule has 1 N–H and O–H groups in total. The van der Waals surface area contributed by atoms with E-state index in [4.69, 9.17) is 19.2 Å². The maximum atomic E-state index is 11.8. The van der Waals surface area contributed by atoms with Crippen LogP contribution in [0.3, 0.4) is 0 Å². The van der Waals surface area contributed by atoms with Crippen molar-refractivity contribution < 1.29 is 47.5 Å². The number of aliphatic hydroxyl groups is 1. The number of aliphatic hydroxyl groups excluding tert-OH is 1. The fourth-order valence-electron chi connectivity index (χ4n) is 3.24. The van der Waals surface area contributed by atoms with Gasteiger partial charge in [0.2, 0.25) is 0 Å². The molecular formula is C25H51NO9P-. The van der Waals surface area contributed by atoms with E-state index in [1.807, 2.05) is 21.1 Å². The number of carboxylic acid groups (broad SMARTS) is 1. The highest BCUT2D eigenvalue weighted by molar-refractivity contribution is 7.45. The molecule has 0 aromatic carbocycles. The topological polar surface area (TPSA) is 145 Å². The molecule has 0 aliphatic heterocycles. The van der Waals surface area contributed by atoms with Crippen molar-refractivity contribution >= 4 is 20.3 Å². The van der Waals surface area contributed by atoms with Crippen molar-refractivity contribution in [2.45, 2.75) is 103 Å². The lowest BCUT2D eigenvalue weighted by Crippen LogP contribution is -2.37. The zero-order valence-corrected chi connectivity index (χ0v) is 23.9. The lowest BCUT2D eigenvalue weighted by atomic mass is 10.0. The van der Waals surface area contributed by atoms with Crippen LogP contribution in [-0.2, 0) is 27.9 Å². The molecule has 36 heavy (non-hydrogen) atoms. The molecule has 0 aromatic rings. The summed E-state index contributed by atoms with van der Waals surface area (Å²) in [4.78, 5) is 31.7. The van der Waals surface area contributed by atoms with E-state index < -0.39 is 27.0 Å². The Morgan fingerprint density at radius 3 is 1.78 bits per heavy atom. The number of unbranched alkanes of at least 4 members (excludes halogenated alkanes) is 12. The fourth-order valence-corrected chi connectivity index (χ4v) is 3.97. The van der Waals surface area contributed by atoms with E-state index in [-0.39, 0.29) is 19.2 Å². The molecule has 0 aliphatic carbocycles. The summed E-state index contributed by atoms with van der Waals surface area (Å²) in [6.07, 6.45) is 15.2. The highest BCUT2D eigenvalue weighted by atomic mass is 31.2. The van der Waals surface area contributed by atoms with Crippen molar-refractivity contribution in [3.05, 3.63) is 0 Å². The molecule has 10 nitrogen and oxygen atoms in total. The van der Waals surface area contributed by atoms with Crippen LogP contribution in [0.15, 0.2) is 0 Å². The van der Waals surface area contributed by atoms with Crippen molar-refractivity contribution in [3.63, 3.8) is 0 Å². The minimum atomic E-state index is -4.48. The summed E-state index contributed by atoms with van der Waals surface area (Å²) in [6, 6.07) is 0. The van der Waals surface area contributed by atoms with Gasteiger partial charge in [0.1, 0.15) is 25.9 Å². The second-order valence-corrected chi connectivity index (χ2v) is 11.4. The minimum Gasteiger partial charge on any atom is -0.756 e. The van der Waals surface area contributed by atoms with Crippen LogP contribution < -0.4 is 10.00 Å². The predicted molar refractivity (Wildman–Crippen MR) is 136 cm³/mol. The SMILES string of the molecule is CCCCCCCCCCCCCCCC(=O)OCC(O)COP(=O)([O-])OCC[N+](C)(C)C.O=C[O-]. The van der Waals surface area contributed by atoms with Crippen LogP contribution in [0.4, 0.5) is 0 Å². The van der Waals surface area contributed by atoms with Crippen molar-refractivity contribution in [3.8, 4) is 0 Å². The van der Waals surface area contributed by atoms with Crippen molar-refractivity contribution in [1.82, 2.24) is 0 Å². The molecule has 0 saturated heterocycles. The lowest BCUT2D eigenvalue weighted by molar-refractivity contribution is -0.870. The molecule has 0 amide bonds. The van der Waals surface area contributed by atoms with Crippen LogP contribution in [0.5, 0.6) is 0 Å². The Balaban J connectivity index is 0. The number of rotatable bonds is 23. The monoisotopic (exact) mass is 540 g/mol. The molecule has 0 fully saturated rings. The average molecular weight is 541 g/mol. The number of likely N-dealkylation sites (N-methyl/N-ethyl adjacent to an activating group) is 1. The molecule has 0 aromatic heterocycles. The van der Waals surface area contributed by atoms with E-state index in [0.717, 1.165) is 19.3 Å². The first-order chi connectivity index (χ1) is 17.0. The standard InChI is InChI=1S/C24H50NO7P.CH2O2/c1-5-6-7-8-9-10-11-12-13-14-15-16-17-18-24(27)30-21-23(26)22-32-33(28,29)31-20-19-25(2,3)4;2-1-3/h23,26H,5-22H2,1-4H3;1H,(H,2,3)/p-1. The van der Waals surface area contributed by atoms with Gasteiger partial charge in [0, 0.05) is 12.9 Å². The predicted octanol–water partition coefficient (Wildman–Crippen LogP) is 2.95. The zero-order chi connectivity index (χ0) is 27.7. The summed E-state index contributed by atoms with van der Waals surface area (Å²) in [7, 11) is 1.25. The van der Waals surface area contributed by atoms with Gasteiger partial charge in [-0.3, -0.25) is 9.36 Å². The summed E-state index contributed by atoms with van der Waals surface area (Å²) in [6.45, 7) is 1.43.